The lowest BCUT2D eigenvalue weighted by molar-refractivity contribution is -0.862. The number of furan rings is 1. The van der Waals surface area contributed by atoms with Gasteiger partial charge in [-0.15, -0.1) is 0 Å². The Hall–Kier alpha value is -2.35. The van der Waals surface area contributed by atoms with Gasteiger partial charge in [-0.2, -0.15) is 0 Å². The first kappa shape index (κ1) is 18.7. The minimum Gasteiger partial charge on any atom is -0.467 e. The van der Waals surface area contributed by atoms with Crippen LogP contribution >= 0.6 is 0 Å². The zero-order valence-electron chi connectivity index (χ0n) is 13.8. The zero-order valence-corrected chi connectivity index (χ0v) is 13.8. The molecule has 0 aromatic carbocycles. The first-order valence-electron chi connectivity index (χ1n) is 7.65. The fourth-order valence-corrected chi connectivity index (χ4v) is 2.08. The molecule has 0 saturated carbocycles. The smallest absolute Gasteiger partial charge is 0.321 e. The maximum absolute atomic E-state index is 11.9. The highest BCUT2D eigenvalue weighted by Crippen LogP contribution is 1.97. The maximum atomic E-state index is 11.9. The fourth-order valence-electron chi connectivity index (χ4n) is 2.08. The number of nitrogens with zero attached hydrogens (tertiary/aromatic N) is 1. The van der Waals surface area contributed by atoms with Gasteiger partial charge in [-0.1, -0.05) is 0 Å². The van der Waals surface area contributed by atoms with Gasteiger partial charge in [0, 0.05) is 13.1 Å². The van der Waals surface area contributed by atoms with Crippen LogP contribution in [-0.2, 0) is 16.1 Å². The van der Waals surface area contributed by atoms with E-state index in [1.165, 1.54) is 6.26 Å². The summed E-state index contributed by atoms with van der Waals surface area (Å²) >= 11 is 0. The van der Waals surface area contributed by atoms with E-state index in [0.717, 1.165) is 4.90 Å². The Bertz CT molecular complexity index is 512. The van der Waals surface area contributed by atoms with Gasteiger partial charge in [0.25, 0.3) is 11.8 Å². The van der Waals surface area contributed by atoms with Crippen molar-refractivity contribution in [3.63, 3.8) is 0 Å². The molecule has 0 radical (unpaired) electrons. The first-order chi connectivity index (χ1) is 11.0. The average Bonchev–Trinajstić information content (AvgIpc) is 2.99. The Kier molecular flexibility index (Phi) is 7.82. The quantitative estimate of drug-likeness (QED) is 0.570. The van der Waals surface area contributed by atoms with Gasteiger partial charge in [0.2, 0.25) is 0 Å². The van der Waals surface area contributed by atoms with Crippen LogP contribution < -0.4 is 15.5 Å². The predicted octanol–water partition coefficient (Wildman–Crippen LogP) is -1.01. The van der Waals surface area contributed by atoms with Gasteiger partial charge in [-0.25, -0.2) is 4.79 Å². The van der Waals surface area contributed by atoms with Gasteiger partial charge in [0.15, 0.2) is 13.1 Å². The molecule has 8 nitrogen and oxygen atoms in total. The second-order valence-corrected chi connectivity index (χ2v) is 5.19. The van der Waals surface area contributed by atoms with Gasteiger partial charge in [0.1, 0.15) is 5.76 Å². The highest BCUT2D eigenvalue weighted by Gasteiger charge is 2.18. The number of likely N-dealkylation sites (N-methyl/N-ethyl adjacent to an activating group) is 2. The number of urea groups is 1. The molecule has 0 bridgehead atoms. The standard InChI is InChI=1S/C15H24N4O4/c1-4-19(5-2)14(21)11-18(3)10-13(20)17-15(22)16-9-12-7-6-8-23-12/h6-8H,4-5,9-11H2,1-3H3,(H2,16,17,20,22)/p+1. The number of nitrogens with one attached hydrogen (secondary N) is 3. The van der Waals surface area contributed by atoms with Crippen LogP contribution in [0.15, 0.2) is 22.8 Å². The number of quaternary nitrogens is 1. The highest BCUT2D eigenvalue weighted by atomic mass is 16.3. The van der Waals surface area contributed by atoms with Gasteiger partial charge >= 0.3 is 6.03 Å². The molecule has 0 spiro atoms. The monoisotopic (exact) mass is 325 g/mol. The molecule has 1 atom stereocenters. The van der Waals surface area contributed by atoms with Crippen LogP contribution in [0.2, 0.25) is 0 Å². The molecule has 8 heteroatoms. The van der Waals surface area contributed by atoms with E-state index < -0.39 is 11.9 Å². The minimum atomic E-state index is -0.589. The van der Waals surface area contributed by atoms with Crippen LogP contribution in [-0.4, -0.2) is 56.0 Å². The summed E-state index contributed by atoms with van der Waals surface area (Å²) in [6.07, 6.45) is 1.51. The Morgan fingerprint density at radius 1 is 1.22 bits per heavy atom. The second-order valence-electron chi connectivity index (χ2n) is 5.19. The average molecular weight is 325 g/mol. The molecule has 1 aromatic heterocycles. The number of carbonyl (C=O) groups is 3. The molecule has 0 aliphatic carbocycles. The van der Waals surface area contributed by atoms with E-state index in [0.29, 0.717) is 18.8 Å². The first-order valence-corrected chi connectivity index (χ1v) is 7.65. The summed E-state index contributed by atoms with van der Waals surface area (Å²) in [6, 6.07) is 2.85. The molecule has 23 heavy (non-hydrogen) atoms. The maximum Gasteiger partial charge on any atom is 0.321 e. The third kappa shape index (κ3) is 6.96. The molecule has 128 valence electrons. The van der Waals surface area contributed by atoms with Crippen molar-refractivity contribution in [2.24, 2.45) is 0 Å². The number of carbonyl (C=O) groups excluding carboxylic acids is 3. The molecule has 1 heterocycles. The third-order valence-electron chi connectivity index (χ3n) is 3.29. The van der Waals surface area contributed by atoms with E-state index in [2.05, 4.69) is 10.6 Å². The van der Waals surface area contributed by atoms with Crippen molar-refractivity contribution in [2.75, 3.05) is 33.2 Å². The van der Waals surface area contributed by atoms with E-state index in [4.69, 9.17) is 4.42 Å². The summed E-state index contributed by atoms with van der Waals surface area (Å²) in [6.45, 7) is 5.56. The number of hydrogen-bond donors (Lipinski definition) is 3. The Labute approximate surface area is 135 Å². The van der Waals surface area contributed by atoms with Crippen LogP contribution in [0.3, 0.4) is 0 Å². The molecule has 0 saturated heterocycles. The summed E-state index contributed by atoms with van der Waals surface area (Å²) in [5, 5.41) is 4.74. The van der Waals surface area contributed by atoms with Crippen LogP contribution in [0.5, 0.6) is 0 Å². The molecule has 0 aliphatic heterocycles. The predicted molar refractivity (Wildman–Crippen MR) is 83.6 cm³/mol. The molecular formula is C15H25N4O4+. The van der Waals surface area contributed by atoms with E-state index in [1.54, 1.807) is 24.1 Å². The van der Waals surface area contributed by atoms with E-state index in [-0.39, 0.29) is 25.5 Å². The van der Waals surface area contributed by atoms with Crippen molar-refractivity contribution in [1.82, 2.24) is 15.5 Å². The molecule has 3 N–H and O–H groups in total. The Balaban J connectivity index is 2.29. The van der Waals surface area contributed by atoms with Gasteiger partial charge in [0.05, 0.1) is 19.9 Å². The minimum absolute atomic E-state index is 0.0115. The lowest BCUT2D eigenvalue weighted by atomic mass is 10.4. The van der Waals surface area contributed by atoms with Gasteiger partial charge in [-0.05, 0) is 26.0 Å². The topological polar surface area (TPSA) is 96.1 Å². The summed E-state index contributed by atoms with van der Waals surface area (Å²) < 4.78 is 5.07. The lowest BCUT2D eigenvalue weighted by Gasteiger charge is -2.20. The van der Waals surface area contributed by atoms with E-state index >= 15 is 0 Å². The zero-order chi connectivity index (χ0) is 17.2. The molecule has 0 aliphatic rings. The summed E-state index contributed by atoms with van der Waals surface area (Å²) in [5.74, 6) is 0.148. The van der Waals surface area contributed by atoms with Crippen molar-refractivity contribution < 1.29 is 23.7 Å². The largest absolute Gasteiger partial charge is 0.467 e. The fraction of sp³-hybridized carbons (Fsp3) is 0.533. The normalized spacial score (nSPS) is 11.6. The third-order valence-corrected chi connectivity index (χ3v) is 3.29. The van der Waals surface area contributed by atoms with Crippen LogP contribution in [0.1, 0.15) is 19.6 Å². The van der Waals surface area contributed by atoms with E-state index in [1.807, 2.05) is 13.8 Å². The van der Waals surface area contributed by atoms with Gasteiger partial charge in [-0.3, -0.25) is 14.9 Å². The van der Waals surface area contributed by atoms with Crippen LogP contribution in [0.4, 0.5) is 4.79 Å². The number of amides is 4. The van der Waals surface area contributed by atoms with E-state index in [9.17, 15) is 14.4 Å². The summed E-state index contributed by atoms with van der Waals surface area (Å²) in [7, 11) is 1.74. The molecule has 1 unspecified atom stereocenters. The Morgan fingerprint density at radius 3 is 2.48 bits per heavy atom. The molecule has 0 fully saturated rings. The number of imide groups is 1. The molecule has 1 aromatic rings. The number of rotatable bonds is 8. The highest BCUT2D eigenvalue weighted by molar-refractivity contribution is 5.94. The van der Waals surface area contributed by atoms with Crippen molar-refractivity contribution in [3.05, 3.63) is 24.2 Å². The molecule has 1 rings (SSSR count). The molecular weight excluding hydrogens is 300 g/mol. The Morgan fingerprint density at radius 2 is 1.91 bits per heavy atom. The second kappa shape index (κ2) is 9.62. The van der Waals surface area contributed by atoms with Crippen molar-refractivity contribution >= 4 is 17.8 Å². The van der Waals surface area contributed by atoms with Crippen LogP contribution in [0, 0.1) is 0 Å². The summed E-state index contributed by atoms with van der Waals surface area (Å²) in [5.41, 5.74) is 0. The summed E-state index contributed by atoms with van der Waals surface area (Å²) in [4.78, 5) is 37.7. The van der Waals surface area contributed by atoms with Crippen LogP contribution in [0.25, 0.3) is 0 Å². The lowest BCUT2D eigenvalue weighted by Crippen LogP contribution is -3.11. The van der Waals surface area contributed by atoms with Crippen molar-refractivity contribution in [1.29, 1.82) is 0 Å². The van der Waals surface area contributed by atoms with Crippen molar-refractivity contribution in [2.45, 2.75) is 20.4 Å². The SMILES string of the molecule is CCN(CC)C(=O)C[NH+](C)CC(=O)NC(=O)NCc1ccco1. The number of hydrogen-bond acceptors (Lipinski definition) is 4. The molecule has 4 amide bonds. The van der Waals surface area contributed by atoms with Crippen molar-refractivity contribution in [3.8, 4) is 0 Å². The van der Waals surface area contributed by atoms with Gasteiger partial charge < -0.3 is 19.5 Å².